The smallest absolute Gasteiger partial charge is 0.335 e. The van der Waals surface area contributed by atoms with Crippen molar-refractivity contribution in [2.24, 2.45) is 0 Å². The maximum atomic E-state index is 10.7. The molecule has 0 aliphatic rings. The lowest BCUT2D eigenvalue weighted by Crippen LogP contribution is -2.17. The van der Waals surface area contributed by atoms with E-state index >= 15 is 0 Å². The maximum absolute atomic E-state index is 10.7. The molecule has 0 heterocycles. The standard InChI is InChI=1S/C12H17NO3/c1-8-7-10(12(15)16)3-4-11(8)13-9(2)5-6-14/h3-4,7,9,13-14H,5-6H2,1-2H3,(H,15,16). The molecule has 0 radical (unpaired) electrons. The van der Waals surface area contributed by atoms with E-state index in [-0.39, 0.29) is 18.2 Å². The molecule has 1 rings (SSSR count). The Bertz CT molecular complexity index is 377. The Balaban J connectivity index is 2.79. The second-order valence-electron chi connectivity index (χ2n) is 3.89. The van der Waals surface area contributed by atoms with E-state index in [1.165, 1.54) is 0 Å². The summed E-state index contributed by atoms with van der Waals surface area (Å²) in [6.07, 6.45) is 0.667. The van der Waals surface area contributed by atoms with Crippen LogP contribution in [0.2, 0.25) is 0 Å². The van der Waals surface area contributed by atoms with Gasteiger partial charge in [-0.15, -0.1) is 0 Å². The molecule has 1 aromatic rings. The summed E-state index contributed by atoms with van der Waals surface area (Å²) in [5, 5.41) is 20.8. The number of aliphatic hydroxyl groups excluding tert-OH is 1. The van der Waals surface area contributed by atoms with Crippen LogP contribution < -0.4 is 5.32 Å². The Morgan fingerprint density at radius 2 is 2.19 bits per heavy atom. The summed E-state index contributed by atoms with van der Waals surface area (Å²) in [5.74, 6) is -0.918. The number of anilines is 1. The molecule has 1 aromatic carbocycles. The lowest BCUT2D eigenvalue weighted by Gasteiger charge is -2.16. The van der Waals surface area contributed by atoms with Crippen LogP contribution in [0.4, 0.5) is 5.69 Å². The van der Waals surface area contributed by atoms with E-state index in [0.717, 1.165) is 11.3 Å². The van der Waals surface area contributed by atoms with E-state index in [9.17, 15) is 4.79 Å². The fraction of sp³-hybridized carbons (Fsp3) is 0.417. The molecule has 1 unspecified atom stereocenters. The maximum Gasteiger partial charge on any atom is 0.335 e. The van der Waals surface area contributed by atoms with Crippen LogP contribution in [0.1, 0.15) is 29.3 Å². The molecule has 0 spiro atoms. The Kier molecular flexibility index (Phi) is 4.31. The van der Waals surface area contributed by atoms with Gasteiger partial charge in [0, 0.05) is 18.3 Å². The van der Waals surface area contributed by atoms with Crippen molar-refractivity contribution in [1.82, 2.24) is 0 Å². The summed E-state index contributed by atoms with van der Waals surface area (Å²) in [4.78, 5) is 10.7. The molecule has 4 nitrogen and oxygen atoms in total. The van der Waals surface area contributed by atoms with Gasteiger partial charge in [-0.25, -0.2) is 4.79 Å². The number of hydrogen-bond donors (Lipinski definition) is 3. The first kappa shape index (κ1) is 12.5. The van der Waals surface area contributed by atoms with Crippen molar-refractivity contribution >= 4 is 11.7 Å². The van der Waals surface area contributed by atoms with Crippen LogP contribution in [0.15, 0.2) is 18.2 Å². The third kappa shape index (κ3) is 3.24. The molecule has 16 heavy (non-hydrogen) atoms. The predicted octanol–water partition coefficient (Wildman–Crippen LogP) is 1.88. The number of rotatable bonds is 5. The molecular formula is C12H17NO3. The third-order valence-electron chi connectivity index (χ3n) is 2.44. The zero-order valence-electron chi connectivity index (χ0n) is 9.53. The van der Waals surface area contributed by atoms with Crippen LogP contribution in [0.5, 0.6) is 0 Å². The minimum Gasteiger partial charge on any atom is -0.478 e. The first-order chi connectivity index (χ1) is 7.54. The van der Waals surface area contributed by atoms with Crippen molar-refractivity contribution in [3.63, 3.8) is 0 Å². The molecule has 0 saturated heterocycles. The van der Waals surface area contributed by atoms with Crippen LogP contribution in [-0.2, 0) is 0 Å². The predicted molar refractivity (Wildman–Crippen MR) is 62.9 cm³/mol. The molecule has 0 aliphatic heterocycles. The number of aromatic carboxylic acids is 1. The van der Waals surface area contributed by atoms with Gasteiger partial charge in [-0.05, 0) is 44.0 Å². The molecule has 4 heteroatoms. The summed E-state index contributed by atoms with van der Waals surface area (Å²) in [5.41, 5.74) is 2.09. The number of carbonyl (C=O) groups is 1. The van der Waals surface area contributed by atoms with Gasteiger partial charge in [0.05, 0.1) is 5.56 Å². The summed E-state index contributed by atoms with van der Waals surface area (Å²) in [6, 6.07) is 5.13. The Morgan fingerprint density at radius 1 is 1.50 bits per heavy atom. The topological polar surface area (TPSA) is 69.6 Å². The van der Waals surface area contributed by atoms with Crippen LogP contribution in [0.3, 0.4) is 0 Å². The number of aryl methyl sites for hydroxylation is 1. The number of hydrogen-bond acceptors (Lipinski definition) is 3. The lowest BCUT2D eigenvalue weighted by atomic mass is 10.1. The molecule has 3 N–H and O–H groups in total. The zero-order valence-corrected chi connectivity index (χ0v) is 9.53. The Labute approximate surface area is 94.9 Å². The monoisotopic (exact) mass is 223 g/mol. The van der Waals surface area contributed by atoms with Crippen LogP contribution >= 0.6 is 0 Å². The average molecular weight is 223 g/mol. The van der Waals surface area contributed by atoms with E-state index in [0.29, 0.717) is 6.42 Å². The third-order valence-corrected chi connectivity index (χ3v) is 2.44. The van der Waals surface area contributed by atoms with Crippen molar-refractivity contribution in [3.05, 3.63) is 29.3 Å². The SMILES string of the molecule is Cc1cc(C(=O)O)ccc1NC(C)CCO. The number of carboxylic acid groups (broad SMARTS) is 1. The van der Waals surface area contributed by atoms with E-state index in [1.54, 1.807) is 18.2 Å². The van der Waals surface area contributed by atoms with Gasteiger partial charge in [-0.1, -0.05) is 0 Å². The molecule has 0 amide bonds. The van der Waals surface area contributed by atoms with Gasteiger partial charge in [0.15, 0.2) is 0 Å². The highest BCUT2D eigenvalue weighted by atomic mass is 16.4. The van der Waals surface area contributed by atoms with Crippen molar-refractivity contribution < 1.29 is 15.0 Å². The molecule has 0 bridgehead atoms. The van der Waals surface area contributed by atoms with Crippen LogP contribution in [0, 0.1) is 6.92 Å². The number of aliphatic hydroxyl groups is 1. The van der Waals surface area contributed by atoms with E-state index in [1.807, 2.05) is 13.8 Å². The fourth-order valence-corrected chi connectivity index (χ4v) is 1.49. The van der Waals surface area contributed by atoms with Gasteiger partial charge >= 0.3 is 5.97 Å². The first-order valence-electron chi connectivity index (χ1n) is 5.26. The number of carboxylic acids is 1. The highest BCUT2D eigenvalue weighted by Gasteiger charge is 2.07. The Morgan fingerprint density at radius 3 is 2.69 bits per heavy atom. The van der Waals surface area contributed by atoms with Gasteiger partial charge < -0.3 is 15.5 Å². The normalized spacial score (nSPS) is 12.2. The van der Waals surface area contributed by atoms with Crippen molar-refractivity contribution in [2.75, 3.05) is 11.9 Å². The molecular weight excluding hydrogens is 206 g/mol. The van der Waals surface area contributed by atoms with Crippen molar-refractivity contribution in [3.8, 4) is 0 Å². The van der Waals surface area contributed by atoms with Gasteiger partial charge in [0.25, 0.3) is 0 Å². The van der Waals surface area contributed by atoms with Crippen molar-refractivity contribution in [2.45, 2.75) is 26.3 Å². The minimum absolute atomic E-state index is 0.139. The molecule has 1 atom stereocenters. The van der Waals surface area contributed by atoms with E-state index in [2.05, 4.69) is 5.32 Å². The number of nitrogens with one attached hydrogen (secondary N) is 1. The van der Waals surface area contributed by atoms with Crippen LogP contribution in [0.25, 0.3) is 0 Å². The molecule has 0 aromatic heterocycles. The molecule has 88 valence electrons. The summed E-state index contributed by atoms with van der Waals surface area (Å²) >= 11 is 0. The van der Waals surface area contributed by atoms with E-state index in [4.69, 9.17) is 10.2 Å². The quantitative estimate of drug-likeness (QED) is 0.712. The fourth-order valence-electron chi connectivity index (χ4n) is 1.49. The molecule has 0 fully saturated rings. The average Bonchev–Trinajstić information content (AvgIpc) is 2.21. The summed E-state index contributed by atoms with van der Waals surface area (Å²) in [6.45, 7) is 3.97. The van der Waals surface area contributed by atoms with Gasteiger partial charge in [0.2, 0.25) is 0 Å². The number of benzene rings is 1. The summed E-state index contributed by atoms with van der Waals surface area (Å²) in [7, 11) is 0. The second-order valence-corrected chi connectivity index (χ2v) is 3.89. The highest BCUT2D eigenvalue weighted by Crippen LogP contribution is 2.18. The zero-order chi connectivity index (χ0) is 12.1. The highest BCUT2D eigenvalue weighted by molar-refractivity contribution is 5.88. The Hall–Kier alpha value is -1.55. The van der Waals surface area contributed by atoms with Crippen molar-refractivity contribution in [1.29, 1.82) is 0 Å². The minimum atomic E-state index is -0.918. The lowest BCUT2D eigenvalue weighted by molar-refractivity contribution is 0.0697. The van der Waals surface area contributed by atoms with Crippen LogP contribution in [-0.4, -0.2) is 28.8 Å². The molecule has 0 aliphatic carbocycles. The largest absolute Gasteiger partial charge is 0.478 e. The van der Waals surface area contributed by atoms with Gasteiger partial charge in [0.1, 0.15) is 0 Å². The van der Waals surface area contributed by atoms with Gasteiger partial charge in [-0.2, -0.15) is 0 Å². The molecule has 0 saturated carbocycles. The second kappa shape index (κ2) is 5.51. The van der Waals surface area contributed by atoms with E-state index < -0.39 is 5.97 Å². The first-order valence-corrected chi connectivity index (χ1v) is 5.26. The summed E-state index contributed by atoms with van der Waals surface area (Å²) < 4.78 is 0. The van der Waals surface area contributed by atoms with Gasteiger partial charge in [-0.3, -0.25) is 0 Å².